The fraction of sp³-hybridized carbons (Fsp3) is 0.0500. The van der Waals surface area contributed by atoms with Gasteiger partial charge in [0.25, 0.3) is 5.56 Å². The first kappa shape index (κ1) is 19.2. The zero-order valence-corrected chi connectivity index (χ0v) is 17.4. The van der Waals surface area contributed by atoms with Gasteiger partial charge in [-0.2, -0.15) is 0 Å². The van der Waals surface area contributed by atoms with Crippen molar-refractivity contribution < 1.29 is 4.79 Å². The third-order valence-electron chi connectivity index (χ3n) is 4.03. The van der Waals surface area contributed by atoms with Crippen molar-refractivity contribution in [2.75, 3.05) is 5.75 Å². The summed E-state index contributed by atoms with van der Waals surface area (Å²) >= 11 is 14.4. The lowest BCUT2D eigenvalue weighted by Crippen LogP contribution is -2.21. The predicted molar refractivity (Wildman–Crippen MR) is 117 cm³/mol. The fourth-order valence-electron chi connectivity index (χ4n) is 2.66. The van der Waals surface area contributed by atoms with Gasteiger partial charge in [0.1, 0.15) is 4.70 Å². The molecular formula is C20H12Cl2N2O2S2. The van der Waals surface area contributed by atoms with Crippen LogP contribution in [-0.4, -0.2) is 21.1 Å². The first-order valence-corrected chi connectivity index (χ1v) is 10.8. The molecule has 2 aromatic heterocycles. The molecule has 0 spiro atoms. The minimum absolute atomic E-state index is 0.0658. The van der Waals surface area contributed by atoms with Gasteiger partial charge in [0.2, 0.25) is 0 Å². The van der Waals surface area contributed by atoms with Crippen LogP contribution in [-0.2, 0) is 0 Å². The molecule has 0 aliphatic rings. The fourth-order valence-corrected chi connectivity index (χ4v) is 4.57. The largest absolute Gasteiger partial charge is 0.293 e. The lowest BCUT2D eigenvalue weighted by molar-refractivity contribution is 0.102. The number of rotatable bonds is 5. The first-order valence-electron chi connectivity index (χ1n) is 8.21. The van der Waals surface area contributed by atoms with Crippen LogP contribution in [0.2, 0.25) is 10.0 Å². The zero-order chi connectivity index (χ0) is 19.7. The maximum atomic E-state index is 13.0. The molecule has 4 aromatic rings. The third kappa shape index (κ3) is 3.86. The molecule has 0 bridgehead atoms. The molecular weight excluding hydrogens is 435 g/mol. The summed E-state index contributed by atoms with van der Waals surface area (Å²) in [7, 11) is 0. The number of Topliss-reactive ketones (excluding diaryl/α,β-unsaturated/α-hetero) is 1. The van der Waals surface area contributed by atoms with Crippen LogP contribution in [0.4, 0.5) is 0 Å². The molecule has 0 N–H and O–H groups in total. The summed E-state index contributed by atoms with van der Waals surface area (Å²) in [5.74, 6) is 0.0844. The highest BCUT2D eigenvalue weighted by atomic mass is 35.5. The molecule has 28 heavy (non-hydrogen) atoms. The Morgan fingerprint density at radius 3 is 2.32 bits per heavy atom. The molecule has 8 heteroatoms. The van der Waals surface area contributed by atoms with Crippen molar-refractivity contribution in [3.63, 3.8) is 0 Å². The van der Waals surface area contributed by atoms with E-state index in [1.54, 1.807) is 54.6 Å². The number of benzene rings is 2. The monoisotopic (exact) mass is 446 g/mol. The number of thiophene rings is 1. The van der Waals surface area contributed by atoms with Crippen molar-refractivity contribution in [3.05, 3.63) is 85.9 Å². The Bertz CT molecular complexity index is 1220. The van der Waals surface area contributed by atoms with E-state index in [2.05, 4.69) is 4.98 Å². The van der Waals surface area contributed by atoms with E-state index in [0.717, 1.165) is 0 Å². The molecule has 0 radical (unpaired) electrons. The van der Waals surface area contributed by atoms with Gasteiger partial charge in [-0.15, -0.1) is 11.3 Å². The molecule has 0 aliphatic heterocycles. The second kappa shape index (κ2) is 8.09. The van der Waals surface area contributed by atoms with E-state index in [-0.39, 0.29) is 17.1 Å². The molecule has 0 unspecified atom stereocenters. The lowest BCUT2D eigenvalue weighted by Gasteiger charge is -2.12. The quantitative estimate of drug-likeness (QED) is 0.223. The number of hydrogen-bond donors (Lipinski definition) is 0. The number of carbonyl (C=O) groups is 1. The molecule has 0 aliphatic carbocycles. The summed E-state index contributed by atoms with van der Waals surface area (Å²) in [5, 5.41) is 3.44. The van der Waals surface area contributed by atoms with E-state index in [4.69, 9.17) is 23.2 Å². The molecule has 2 aromatic carbocycles. The smallest absolute Gasteiger partial charge is 0.276 e. The number of aromatic nitrogens is 2. The summed E-state index contributed by atoms with van der Waals surface area (Å²) < 4.78 is 2.10. The van der Waals surface area contributed by atoms with Crippen LogP contribution in [0.1, 0.15) is 10.4 Å². The number of thioether (sulfide) groups is 1. The summed E-state index contributed by atoms with van der Waals surface area (Å²) in [6.45, 7) is 0. The molecule has 0 saturated heterocycles. The topological polar surface area (TPSA) is 52.0 Å². The van der Waals surface area contributed by atoms with Gasteiger partial charge in [-0.05, 0) is 60.0 Å². The van der Waals surface area contributed by atoms with E-state index in [1.807, 2.05) is 5.38 Å². The second-order valence-electron chi connectivity index (χ2n) is 5.87. The maximum Gasteiger partial charge on any atom is 0.276 e. The Kier molecular flexibility index (Phi) is 5.55. The summed E-state index contributed by atoms with van der Waals surface area (Å²) in [6.07, 6.45) is 0. The standard InChI is InChI=1S/C20H12Cl2N2O2S2/c21-13-3-1-12(2-4-13)17(25)11-28-20-23-16-9-10-27-18(16)19(26)24(20)15-7-5-14(22)6-8-15/h1-10H,11H2. The van der Waals surface area contributed by atoms with Crippen LogP contribution in [0.5, 0.6) is 0 Å². The van der Waals surface area contributed by atoms with Gasteiger partial charge >= 0.3 is 0 Å². The van der Waals surface area contributed by atoms with Crippen molar-refractivity contribution in [1.29, 1.82) is 0 Å². The highest BCUT2D eigenvalue weighted by Gasteiger charge is 2.16. The van der Waals surface area contributed by atoms with Crippen LogP contribution < -0.4 is 5.56 Å². The van der Waals surface area contributed by atoms with E-state index >= 15 is 0 Å². The van der Waals surface area contributed by atoms with Crippen LogP contribution in [0.25, 0.3) is 15.9 Å². The van der Waals surface area contributed by atoms with Crippen LogP contribution >= 0.6 is 46.3 Å². The average Bonchev–Trinajstić information content (AvgIpc) is 3.17. The number of ketones is 1. The highest BCUT2D eigenvalue weighted by molar-refractivity contribution is 7.99. The van der Waals surface area contributed by atoms with Gasteiger partial charge in [0, 0.05) is 15.6 Å². The maximum absolute atomic E-state index is 13.0. The van der Waals surface area contributed by atoms with Crippen molar-refractivity contribution in [2.45, 2.75) is 5.16 Å². The average molecular weight is 447 g/mol. The molecule has 0 amide bonds. The van der Waals surface area contributed by atoms with Crippen molar-refractivity contribution in [3.8, 4) is 5.69 Å². The van der Waals surface area contributed by atoms with E-state index in [9.17, 15) is 9.59 Å². The second-order valence-corrected chi connectivity index (χ2v) is 8.60. The van der Waals surface area contributed by atoms with Crippen LogP contribution in [0.3, 0.4) is 0 Å². The van der Waals surface area contributed by atoms with Gasteiger partial charge in [0.05, 0.1) is 17.0 Å². The molecule has 4 rings (SSSR count). The van der Waals surface area contributed by atoms with Crippen LogP contribution in [0, 0.1) is 0 Å². The number of nitrogens with zero attached hydrogens (tertiary/aromatic N) is 2. The number of fused-ring (bicyclic) bond motifs is 1. The van der Waals surface area contributed by atoms with E-state index in [0.29, 0.717) is 36.7 Å². The lowest BCUT2D eigenvalue weighted by atomic mass is 10.1. The summed E-state index contributed by atoms with van der Waals surface area (Å²) in [6, 6.07) is 15.5. The van der Waals surface area contributed by atoms with E-state index in [1.165, 1.54) is 27.7 Å². The van der Waals surface area contributed by atoms with Crippen molar-refractivity contribution in [2.24, 2.45) is 0 Å². The van der Waals surface area contributed by atoms with Gasteiger partial charge in [-0.25, -0.2) is 4.98 Å². The molecule has 4 nitrogen and oxygen atoms in total. The number of carbonyl (C=O) groups excluding carboxylic acids is 1. The van der Waals surface area contributed by atoms with Gasteiger partial charge in [0.15, 0.2) is 10.9 Å². The van der Waals surface area contributed by atoms with E-state index < -0.39 is 0 Å². The Hall–Kier alpha value is -2.12. The first-order chi connectivity index (χ1) is 13.5. The Morgan fingerprint density at radius 1 is 1.00 bits per heavy atom. The number of hydrogen-bond acceptors (Lipinski definition) is 5. The minimum Gasteiger partial charge on any atom is -0.293 e. The Labute approximate surface area is 178 Å². The van der Waals surface area contributed by atoms with Crippen molar-refractivity contribution in [1.82, 2.24) is 9.55 Å². The molecule has 0 fully saturated rings. The van der Waals surface area contributed by atoms with Gasteiger partial charge < -0.3 is 0 Å². The Morgan fingerprint density at radius 2 is 1.64 bits per heavy atom. The molecule has 2 heterocycles. The normalized spacial score (nSPS) is 11.1. The summed E-state index contributed by atoms with van der Waals surface area (Å²) in [4.78, 5) is 30.2. The molecule has 0 atom stereocenters. The predicted octanol–water partition coefficient (Wildman–Crippen LogP) is 5.73. The SMILES string of the molecule is O=C(CSc1nc2ccsc2c(=O)n1-c1ccc(Cl)cc1)c1ccc(Cl)cc1. The van der Waals surface area contributed by atoms with Crippen molar-refractivity contribution >= 4 is 62.3 Å². The molecule has 140 valence electrons. The van der Waals surface area contributed by atoms with Gasteiger partial charge in [-0.1, -0.05) is 35.0 Å². The van der Waals surface area contributed by atoms with Gasteiger partial charge in [-0.3, -0.25) is 14.2 Å². The third-order valence-corrected chi connectivity index (χ3v) is 6.37. The van der Waals surface area contributed by atoms with Crippen LogP contribution in [0.15, 0.2) is 69.9 Å². The molecule has 0 saturated carbocycles. The Balaban J connectivity index is 1.72. The number of halogens is 2. The minimum atomic E-state index is -0.163. The zero-order valence-electron chi connectivity index (χ0n) is 14.3. The summed E-state index contributed by atoms with van der Waals surface area (Å²) in [5.41, 5.74) is 1.68. The highest BCUT2D eigenvalue weighted by Crippen LogP contribution is 2.25.